The van der Waals surface area contributed by atoms with Crippen LogP contribution in [-0.2, 0) is 4.79 Å². The zero-order valence-corrected chi connectivity index (χ0v) is 8.20. The number of hydrogen-bond donors (Lipinski definition) is 1. The van der Waals surface area contributed by atoms with Gasteiger partial charge in [-0.15, -0.1) is 0 Å². The standard InChI is InChI=1S/C8H8IO2/c1-6(10)9-7-3-2-4-8(11)5-7/h2-5,11H,1H3/q-1. The van der Waals surface area contributed by atoms with Crippen LogP contribution in [0.25, 0.3) is 0 Å². The topological polar surface area (TPSA) is 37.3 Å². The number of phenolic OH excluding ortho intramolecular Hbond substituents is 1. The first-order valence-corrected chi connectivity index (χ1v) is 5.28. The second-order valence-electron chi connectivity index (χ2n) is 2.04. The first-order chi connectivity index (χ1) is 5.18. The molecule has 0 spiro atoms. The summed E-state index contributed by atoms with van der Waals surface area (Å²) in [5.74, 6) is 0.239. The van der Waals surface area contributed by atoms with E-state index < -0.39 is 21.2 Å². The Morgan fingerprint density at radius 2 is 2.27 bits per heavy atom. The number of carbonyl (C=O) groups is 1. The van der Waals surface area contributed by atoms with Crippen molar-refractivity contribution in [3.8, 4) is 5.75 Å². The third kappa shape index (κ3) is 2.88. The second-order valence-corrected chi connectivity index (χ2v) is 5.35. The van der Waals surface area contributed by atoms with Gasteiger partial charge in [0.15, 0.2) is 0 Å². The van der Waals surface area contributed by atoms with Crippen molar-refractivity contribution in [3.05, 3.63) is 27.8 Å². The van der Waals surface area contributed by atoms with Crippen LogP contribution in [0.4, 0.5) is 0 Å². The molecular formula is C8H8IO2-. The molecule has 0 aliphatic carbocycles. The van der Waals surface area contributed by atoms with Crippen LogP contribution in [0.2, 0.25) is 0 Å². The molecule has 0 unspecified atom stereocenters. The van der Waals surface area contributed by atoms with Crippen LogP contribution in [0.5, 0.6) is 5.75 Å². The first-order valence-electron chi connectivity index (χ1n) is 3.13. The van der Waals surface area contributed by atoms with Gasteiger partial charge >= 0.3 is 75.4 Å². The van der Waals surface area contributed by atoms with Gasteiger partial charge in [0, 0.05) is 0 Å². The van der Waals surface area contributed by atoms with Crippen molar-refractivity contribution in [3.63, 3.8) is 0 Å². The Balaban J connectivity index is 2.79. The third-order valence-electron chi connectivity index (χ3n) is 1.05. The van der Waals surface area contributed by atoms with Crippen molar-refractivity contribution < 1.29 is 31.1 Å². The van der Waals surface area contributed by atoms with Crippen molar-refractivity contribution in [2.75, 3.05) is 0 Å². The molecule has 0 saturated carbocycles. The number of phenols is 1. The van der Waals surface area contributed by atoms with E-state index in [-0.39, 0.29) is 9.54 Å². The van der Waals surface area contributed by atoms with Gasteiger partial charge in [0.25, 0.3) is 0 Å². The quantitative estimate of drug-likeness (QED) is 0.505. The number of halogens is 1. The molecule has 0 aliphatic heterocycles. The average Bonchev–Trinajstić information content (AvgIpc) is 1.85. The van der Waals surface area contributed by atoms with Gasteiger partial charge in [-0.1, -0.05) is 0 Å². The molecule has 0 amide bonds. The molecule has 0 aliphatic rings. The normalized spacial score (nSPS) is 9.91. The fraction of sp³-hybridized carbons (Fsp3) is 0.125. The second kappa shape index (κ2) is 3.71. The Labute approximate surface area is 75.5 Å². The van der Waals surface area contributed by atoms with Gasteiger partial charge < -0.3 is 0 Å². The molecule has 1 aromatic carbocycles. The van der Waals surface area contributed by atoms with Crippen molar-refractivity contribution >= 4 is 3.79 Å². The molecule has 1 aromatic rings. The van der Waals surface area contributed by atoms with Crippen LogP contribution in [0.1, 0.15) is 6.92 Å². The van der Waals surface area contributed by atoms with Gasteiger partial charge in [0.1, 0.15) is 0 Å². The monoisotopic (exact) mass is 263 g/mol. The minimum atomic E-state index is -0.549. The number of carbonyl (C=O) groups excluding carboxylic acids is 1. The number of rotatable bonds is 2. The van der Waals surface area contributed by atoms with E-state index in [1.165, 1.54) is 0 Å². The molecular weight excluding hydrogens is 255 g/mol. The minimum absolute atomic E-state index is 0.217. The zero-order valence-electron chi connectivity index (χ0n) is 6.04. The third-order valence-corrected chi connectivity index (χ3v) is 3.10. The van der Waals surface area contributed by atoms with Crippen molar-refractivity contribution in [2.45, 2.75) is 6.92 Å². The van der Waals surface area contributed by atoms with E-state index in [4.69, 9.17) is 5.11 Å². The van der Waals surface area contributed by atoms with Crippen molar-refractivity contribution in [2.24, 2.45) is 0 Å². The van der Waals surface area contributed by atoms with Crippen LogP contribution >= 0.6 is 0 Å². The fourth-order valence-corrected chi connectivity index (χ4v) is 2.43. The maximum absolute atomic E-state index is 10.7. The summed E-state index contributed by atoms with van der Waals surface area (Å²) in [6.45, 7) is 1.58. The Bertz CT molecular complexity index is 271. The molecule has 2 nitrogen and oxygen atoms in total. The number of hydrogen-bond acceptors (Lipinski definition) is 2. The van der Waals surface area contributed by atoms with Crippen molar-refractivity contribution in [1.82, 2.24) is 0 Å². The molecule has 0 radical (unpaired) electrons. The molecule has 0 fully saturated rings. The molecule has 0 atom stereocenters. The summed E-state index contributed by atoms with van der Waals surface area (Å²) < 4.78 is 1.19. The fourth-order valence-electron chi connectivity index (χ4n) is 0.689. The van der Waals surface area contributed by atoms with Gasteiger partial charge in [-0.05, 0) is 0 Å². The summed E-state index contributed by atoms with van der Waals surface area (Å²) in [5, 5.41) is 9.03. The summed E-state index contributed by atoms with van der Waals surface area (Å²) >= 11 is -0.549. The Morgan fingerprint density at radius 3 is 2.82 bits per heavy atom. The Hall–Kier alpha value is -0.580. The van der Waals surface area contributed by atoms with E-state index >= 15 is 0 Å². The predicted molar refractivity (Wildman–Crippen MR) is 37.5 cm³/mol. The van der Waals surface area contributed by atoms with E-state index in [1.54, 1.807) is 25.1 Å². The van der Waals surface area contributed by atoms with Gasteiger partial charge in [-0.25, -0.2) is 0 Å². The number of benzene rings is 1. The summed E-state index contributed by atoms with van der Waals surface area (Å²) in [6.07, 6.45) is 0. The summed E-state index contributed by atoms with van der Waals surface area (Å²) in [6, 6.07) is 6.88. The van der Waals surface area contributed by atoms with E-state index in [1.807, 2.05) is 6.07 Å². The molecule has 0 heterocycles. The van der Waals surface area contributed by atoms with E-state index in [9.17, 15) is 4.79 Å². The van der Waals surface area contributed by atoms with Gasteiger partial charge in [-0.2, -0.15) is 0 Å². The molecule has 0 bridgehead atoms. The van der Waals surface area contributed by atoms with Crippen LogP contribution in [0.15, 0.2) is 24.3 Å². The summed E-state index contributed by atoms with van der Waals surface area (Å²) in [5.41, 5.74) is 0. The van der Waals surface area contributed by atoms with Gasteiger partial charge in [0.05, 0.1) is 0 Å². The molecule has 3 heteroatoms. The predicted octanol–water partition coefficient (Wildman–Crippen LogP) is -1.80. The SMILES string of the molecule is CC(=O)[I-]c1cccc(O)c1. The molecule has 60 valence electrons. The molecule has 0 saturated heterocycles. The van der Waals surface area contributed by atoms with E-state index in [2.05, 4.69) is 0 Å². The van der Waals surface area contributed by atoms with Gasteiger partial charge in [0.2, 0.25) is 0 Å². The molecule has 1 rings (SSSR count). The maximum atomic E-state index is 10.7. The summed E-state index contributed by atoms with van der Waals surface area (Å²) in [4.78, 5) is 10.7. The Kier molecular flexibility index (Phi) is 2.87. The van der Waals surface area contributed by atoms with Crippen molar-refractivity contribution in [1.29, 1.82) is 0 Å². The molecule has 0 aromatic heterocycles. The van der Waals surface area contributed by atoms with Crippen LogP contribution in [0.3, 0.4) is 0 Å². The summed E-state index contributed by atoms with van der Waals surface area (Å²) in [7, 11) is 0. The molecule has 1 N–H and O–H groups in total. The van der Waals surface area contributed by atoms with Crippen LogP contribution < -0.4 is 21.2 Å². The average molecular weight is 263 g/mol. The zero-order chi connectivity index (χ0) is 8.27. The van der Waals surface area contributed by atoms with E-state index in [0.717, 1.165) is 3.57 Å². The van der Waals surface area contributed by atoms with E-state index in [0.29, 0.717) is 0 Å². The molecule has 11 heavy (non-hydrogen) atoms. The first kappa shape index (κ1) is 8.52. The Morgan fingerprint density at radius 1 is 1.55 bits per heavy atom. The van der Waals surface area contributed by atoms with Crippen LogP contribution in [0, 0.1) is 3.57 Å². The van der Waals surface area contributed by atoms with Crippen LogP contribution in [-0.4, -0.2) is 8.90 Å². The van der Waals surface area contributed by atoms with Gasteiger partial charge in [-0.3, -0.25) is 0 Å². The number of aromatic hydroxyl groups is 1.